The number of benzene rings is 1. The molecular weight excluding hydrogens is 282 g/mol. The highest BCUT2D eigenvalue weighted by molar-refractivity contribution is 7.99. The number of hydrogen-bond acceptors (Lipinski definition) is 4. The van der Waals surface area contributed by atoms with Crippen molar-refractivity contribution >= 4 is 17.7 Å². The van der Waals surface area contributed by atoms with E-state index in [0.29, 0.717) is 17.7 Å². The van der Waals surface area contributed by atoms with Gasteiger partial charge in [0.1, 0.15) is 0 Å². The van der Waals surface area contributed by atoms with Crippen LogP contribution >= 0.6 is 11.8 Å². The molecule has 0 aliphatic carbocycles. The molecule has 0 bridgehead atoms. The van der Waals surface area contributed by atoms with Crippen molar-refractivity contribution in [3.8, 4) is 0 Å². The number of thioether (sulfide) groups is 1. The minimum Gasteiger partial charge on any atom is -0.469 e. The monoisotopic (exact) mass is 309 g/mol. The van der Waals surface area contributed by atoms with Crippen molar-refractivity contribution in [1.82, 2.24) is 5.32 Å². The van der Waals surface area contributed by atoms with Gasteiger partial charge in [0.15, 0.2) is 0 Å². The predicted molar refractivity (Wildman–Crippen MR) is 90.6 cm³/mol. The number of carbonyl (C=O) groups is 1. The van der Waals surface area contributed by atoms with E-state index in [1.54, 1.807) is 0 Å². The van der Waals surface area contributed by atoms with Gasteiger partial charge in [0.25, 0.3) is 0 Å². The molecule has 4 heteroatoms. The van der Waals surface area contributed by atoms with E-state index in [4.69, 9.17) is 4.74 Å². The minimum atomic E-state index is -0.130. The lowest BCUT2D eigenvalue weighted by atomic mass is 10.0. The first-order valence-electron chi connectivity index (χ1n) is 7.69. The molecule has 0 amide bonds. The minimum absolute atomic E-state index is 0.130. The van der Waals surface area contributed by atoms with Gasteiger partial charge >= 0.3 is 5.97 Å². The molecule has 21 heavy (non-hydrogen) atoms. The quantitative estimate of drug-likeness (QED) is 0.667. The van der Waals surface area contributed by atoms with Crippen molar-refractivity contribution in [3.05, 3.63) is 35.9 Å². The number of esters is 1. The van der Waals surface area contributed by atoms with E-state index in [1.807, 2.05) is 17.8 Å². The molecule has 1 rings (SSSR count). The Kier molecular flexibility index (Phi) is 9.19. The van der Waals surface area contributed by atoms with Gasteiger partial charge in [-0.1, -0.05) is 44.2 Å². The Morgan fingerprint density at radius 2 is 2.00 bits per heavy atom. The van der Waals surface area contributed by atoms with Crippen LogP contribution in [0.3, 0.4) is 0 Å². The molecule has 2 atom stereocenters. The molecule has 0 fully saturated rings. The molecule has 3 nitrogen and oxygen atoms in total. The summed E-state index contributed by atoms with van der Waals surface area (Å²) < 4.78 is 4.71. The Hall–Kier alpha value is -1.00. The van der Waals surface area contributed by atoms with E-state index < -0.39 is 0 Å². The van der Waals surface area contributed by atoms with Crippen LogP contribution in [-0.2, 0) is 9.53 Å². The van der Waals surface area contributed by atoms with Crippen molar-refractivity contribution in [2.75, 3.05) is 19.4 Å². The Morgan fingerprint density at radius 1 is 1.29 bits per heavy atom. The molecule has 1 N–H and O–H groups in total. The normalized spacial score (nSPS) is 13.7. The van der Waals surface area contributed by atoms with Crippen LogP contribution in [0.2, 0.25) is 0 Å². The summed E-state index contributed by atoms with van der Waals surface area (Å²) in [6.07, 6.45) is 2.67. The molecule has 0 aliphatic rings. The van der Waals surface area contributed by atoms with Gasteiger partial charge in [-0.05, 0) is 24.9 Å². The summed E-state index contributed by atoms with van der Waals surface area (Å²) >= 11 is 1.86. The highest BCUT2D eigenvalue weighted by Crippen LogP contribution is 2.29. The van der Waals surface area contributed by atoms with Gasteiger partial charge in [-0.15, -0.1) is 0 Å². The van der Waals surface area contributed by atoms with Gasteiger partial charge < -0.3 is 10.1 Å². The fraction of sp³-hybridized carbons (Fsp3) is 0.588. The van der Waals surface area contributed by atoms with Gasteiger partial charge in [0.2, 0.25) is 0 Å². The third-order valence-electron chi connectivity index (χ3n) is 3.41. The van der Waals surface area contributed by atoms with Crippen LogP contribution in [0.1, 0.15) is 44.7 Å². The topological polar surface area (TPSA) is 38.3 Å². The Morgan fingerprint density at radius 3 is 2.57 bits per heavy atom. The predicted octanol–water partition coefficient (Wildman–Crippen LogP) is 3.80. The number of ether oxygens (including phenoxy) is 1. The highest BCUT2D eigenvalue weighted by Gasteiger charge is 2.21. The number of hydrogen-bond donors (Lipinski definition) is 1. The summed E-state index contributed by atoms with van der Waals surface area (Å²) in [4.78, 5) is 11.2. The zero-order chi connectivity index (χ0) is 15.5. The van der Waals surface area contributed by atoms with Crippen molar-refractivity contribution in [3.63, 3.8) is 0 Å². The summed E-state index contributed by atoms with van der Waals surface area (Å²) in [6.45, 7) is 5.40. The van der Waals surface area contributed by atoms with E-state index in [0.717, 1.165) is 25.1 Å². The first-order valence-corrected chi connectivity index (χ1v) is 8.74. The van der Waals surface area contributed by atoms with Crippen LogP contribution in [0.15, 0.2) is 30.3 Å². The molecular formula is C17H27NO2S. The van der Waals surface area contributed by atoms with Crippen molar-refractivity contribution in [1.29, 1.82) is 0 Å². The highest BCUT2D eigenvalue weighted by atomic mass is 32.2. The summed E-state index contributed by atoms with van der Waals surface area (Å²) in [5.74, 6) is 0.678. The summed E-state index contributed by atoms with van der Waals surface area (Å²) in [5.41, 5.74) is 1.32. The lowest BCUT2D eigenvalue weighted by Gasteiger charge is -2.27. The maximum Gasteiger partial charge on any atom is 0.306 e. The van der Waals surface area contributed by atoms with Crippen LogP contribution in [0.25, 0.3) is 0 Å². The fourth-order valence-corrected chi connectivity index (χ4v) is 3.54. The second-order valence-corrected chi connectivity index (χ2v) is 6.33. The third-order valence-corrected chi connectivity index (χ3v) is 4.89. The van der Waals surface area contributed by atoms with Gasteiger partial charge in [-0.25, -0.2) is 0 Å². The average molecular weight is 309 g/mol. The van der Waals surface area contributed by atoms with Crippen molar-refractivity contribution in [2.24, 2.45) is 0 Å². The van der Waals surface area contributed by atoms with E-state index in [9.17, 15) is 4.79 Å². The van der Waals surface area contributed by atoms with Crippen LogP contribution in [0, 0.1) is 0 Å². The van der Waals surface area contributed by atoms with E-state index in [2.05, 4.69) is 43.4 Å². The maximum absolute atomic E-state index is 11.2. The zero-order valence-electron chi connectivity index (χ0n) is 13.3. The largest absolute Gasteiger partial charge is 0.469 e. The number of carbonyl (C=O) groups excluding carboxylic acids is 1. The first kappa shape index (κ1) is 18.1. The van der Waals surface area contributed by atoms with Crippen LogP contribution < -0.4 is 5.32 Å². The molecule has 1 aromatic carbocycles. The maximum atomic E-state index is 11.2. The smallest absolute Gasteiger partial charge is 0.306 e. The van der Waals surface area contributed by atoms with Crippen LogP contribution in [0.4, 0.5) is 0 Å². The van der Waals surface area contributed by atoms with E-state index in [-0.39, 0.29) is 5.97 Å². The molecule has 118 valence electrons. The zero-order valence-corrected chi connectivity index (χ0v) is 14.1. The second-order valence-electron chi connectivity index (χ2n) is 4.99. The number of methoxy groups -OCH3 is 1. The van der Waals surface area contributed by atoms with Gasteiger partial charge in [-0.2, -0.15) is 11.8 Å². The average Bonchev–Trinajstić information content (AvgIpc) is 2.54. The SMILES string of the molecule is CCCNC(c1ccccc1)C(CC)SCCC(=O)OC. The first-order chi connectivity index (χ1) is 10.2. The molecule has 0 aromatic heterocycles. The van der Waals surface area contributed by atoms with Crippen molar-refractivity contribution < 1.29 is 9.53 Å². The fourth-order valence-electron chi connectivity index (χ4n) is 2.27. The van der Waals surface area contributed by atoms with Gasteiger partial charge in [0, 0.05) is 17.0 Å². The molecule has 2 unspecified atom stereocenters. The summed E-state index contributed by atoms with van der Waals surface area (Å²) in [6, 6.07) is 10.9. The molecule has 0 spiro atoms. The standard InChI is InChI=1S/C17H27NO2S/c1-4-12-18-17(14-9-7-6-8-10-14)15(5-2)21-13-11-16(19)20-3/h6-10,15,17-18H,4-5,11-13H2,1-3H3. The van der Waals surface area contributed by atoms with E-state index >= 15 is 0 Å². The molecule has 0 aliphatic heterocycles. The third kappa shape index (κ3) is 6.53. The Balaban J connectivity index is 2.67. The van der Waals surface area contributed by atoms with E-state index in [1.165, 1.54) is 12.7 Å². The van der Waals surface area contributed by atoms with Crippen LogP contribution in [-0.4, -0.2) is 30.6 Å². The lowest BCUT2D eigenvalue weighted by molar-refractivity contribution is -0.140. The lowest BCUT2D eigenvalue weighted by Crippen LogP contribution is -2.31. The summed E-state index contributed by atoms with van der Waals surface area (Å²) in [5, 5.41) is 4.11. The Labute approximate surface area is 132 Å². The molecule has 1 aromatic rings. The second kappa shape index (κ2) is 10.7. The molecule has 0 saturated carbocycles. The molecule has 0 radical (unpaired) electrons. The van der Waals surface area contributed by atoms with Crippen LogP contribution in [0.5, 0.6) is 0 Å². The van der Waals surface area contributed by atoms with Gasteiger partial charge in [0.05, 0.1) is 13.5 Å². The molecule has 0 saturated heterocycles. The van der Waals surface area contributed by atoms with Crippen molar-refractivity contribution in [2.45, 2.75) is 44.4 Å². The number of nitrogens with one attached hydrogen (secondary N) is 1. The Bertz CT molecular complexity index is 397. The molecule has 0 heterocycles. The summed E-state index contributed by atoms with van der Waals surface area (Å²) in [7, 11) is 1.44. The number of rotatable bonds is 10. The van der Waals surface area contributed by atoms with Gasteiger partial charge in [-0.3, -0.25) is 4.79 Å².